The molecule has 0 bridgehead atoms. The first-order valence-electron chi connectivity index (χ1n) is 6.31. The first-order valence-corrected chi connectivity index (χ1v) is 6.31. The van der Waals surface area contributed by atoms with Crippen molar-refractivity contribution in [1.82, 2.24) is 9.97 Å². The van der Waals surface area contributed by atoms with Crippen LogP contribution in [0, 0.1) is 5.92 Å². The summed E-state index contributed by atoms with van der Waals surface area (Å²) in [5.41, 5.74) is 5.06. The molecule has 0 saturated heterocycles. The van der Waals surface area contributed by atoms with Gasteiger partial charge in [0.25, 0.3) is 5.91 Å². The van der Waals surface area contributed by atoms with Crippen LogP contribution in [-0.4, -0.2) is 28.1 Å². The fourth-order valence-corrected chi connectivity index (χ4v) is 2.38. The van der Waals surface area contributed by atoms with Gasteiger partial charge in [0.2, 0.25) is 0 Å². The molecule has 1 aliphatic carbocycles. The first-order chi connectivity index (χ1) is 9.36. The Bertz CT molecular complexity index is 492. The number of carbonyl (C=O) groups is 1. The summed E-state index contributed by atoms with van der Waals surface area (Å²) in [5, 5.41) is 2.90. The van der Waals surface area contributed by atoms with Crippen LogP contribution in [0.5, 0.6) is 0 Å². The Morgan fingerprint density at radius 3 is 2.75 bits per heavy atom. The number of anilines is 1. The van der Waals surface area contributed by atoms with E-state index in [9.17, 15) is 18.0 Å². The highest BCUT2D eigenvalue weighted by atomic mass is 19.4. The van der Waals surface area contributed by atoms with Gasteiger partial charge in [-0.1, -0.05) is 6.42 Å². The van der Waals surface area contributed by atoms with E-state index in [1.807, 2.05) is 0 Å². The van der Waals surface area contributed by atoms with Crippen LogP contribution >= 0.6 is 0 Å². The summed E-state index contributed by atoms with van der Waals surface area (Å²) in [4.78, 5) is 18.7. The number of hydrogen-bond donors (Lipinski definition) is 2. The van der Waals surface area contributed by atoms with Crippen molar-refractivity contribution < 1.29 is 18.0 Å². The Morgan fingerprint density at radius 1 is 1.35 bits per heavy atom. The molecule has 110 valence electrons. The number of nitrogens with zero attached hydrogens (tertiary/aromatic N) is 2. The van der Waals surface area contributed by atoms with Gasteiger partial charge in [-0.05, 0) is 19.3 Å². The van der Waals surface area contributed by atoms with E-state index in [2.05, 4.69) is 15.3 Å². The normalized spacial score (nSPS) is 23.4. The largest absolute Gasteiger partial charge is 0.391 e. The Kier molecular flexibility index (Phi) is 4.10. The number of aromatic nitrogens is 2. The van der Waals surface area contributed by atoms with Gasteiger partial charge in [0.15, 0.2) is 0 Å². The van der Waals surface area contributed by atoms with Crippen molar-refractivity contribution in [3.05, 3.63) is 18.1 Å². The first kappa shape index (κ1) is 14.5. The Morgan fingerprint density at radius 2 is 2.10 bits per heavy atom. The van der Waals surface area contributed by atoms with E-state index in [0.29, 0.717) is 12.8 Å². The Labute approximate surface area is 113 Å². The third-order valence-corrected chi connectivity index (χ3v) is 3.38. The second-order valence-electron chi connectivity index (χ2n) is 4.90. The number of primary amides is 1. The lowest BCUT2D eigenvalue weighted by Gasteiger charge is -2.31. The standard InChI is InChI=1S/C12H15F3N4O/c13-12(14,15)7-2-1-3-8(4-7)18-10-6-17-5-9(19-10)11(16)20/h5-8H,1-4H2,(H2,16,20)(H,18,19). The summed E-state index contributed by atoms with van der Waals surface area (Å²) < 4.78 is 38.1. The maximum atomic E-state index is 12.7. The molecular formula is C12H15F3N4O. The average molecular weight is 288 g/mol. The third-order valence-electron chi connectivity index (χ3n) is 3.38. The van der Waals surface area contributed by atoms with Crippen LogP contribution < -0.4 is 11.1 Å². The Hall–Kier alpha value is -1.86. The van der Waals surface area contributed by atoms with Gasteiger partial charge in [-0.15, -0.1) is 0 Å². The maximum absolute atomic E-state index is 12.7. The van der Waals surface area contributed by atoms with Crippen molar-refractivity contribution in [1.29, 1.82) is 0 Å². The second kappa shape index (κ2) is 5.64. The van der Waals surface area contributed by atoms with Gasteiger partial charge >= 0.3 is 6.18 Å². The zero-order valence-electron chi connectivity index (χ0n) is 10.7. The highest BCUT2D eigenvalue weighted by molar-refractivity contribution is 5.90. The van der Waals surface area contributed by atoms with E-state index < -0.39 is 18.0 Å². The van der Waals surface area contributed by atoms with Gasteiger partial charge < -0.3 is 11.1 Å². The van der Waals surface area contributed by atoms with Crippen molar-refractivity contribution in [3.63, 3.8) is 0 Å². The SMILES string of the molecule is NC(=O)c1cncc(NC2CCCC(C(F)(F)F)C2)n1. The lowest BCUT2D eigenvalue weighted by atomic mass is 9.85. The number of halogens is 3. The molecule has 8 heteroatoms. The minimum Gasteiger partial charge on any atom is -0.366 e. The molecule has 1 amide bonds. The molecule has 20 heavy (non-hydrogen) atoms. The number of carbonyl (C=O) groups excluding carboxylic acids is 1. The van der Waals surface area contributed by atoms with Crippen molar-refractivity contribution in [2.75, 3.05) is 5.32 Å². The summed E-state index contributed by atoms with van der Waals surface area (Å²) in [6.45, 7) is 0. The van der Waals surface area contributed by atoms with Gasteiger partial charge in [-0.3, -0.25) is 9.78 Å². The molecule has 5 nitrogen and oxygen atoms in total. The molecule has 1 saturated carbocycles. The summed E-state index contributed by atoms with van der Waals surface area (Å²) in [6.07, 6.45) is -0.280. The minimum absolute atomic E-state index is 0.00593. The highest BCUT2D eigenvalue weighted by Crippen LogP contribution is 2.38. The maximum Gasteiger partial charge on any atom is 0.391 e. The Balaban J connectivity index is 2.03. The molecule has 1 aliphatic rings. The molecule has 2 unspecified atom stereocenters. The zero-order valence-corrected chi connectivity index (χ0v) is 10.7. The van der Waals surface area contributed by atoms with E-state index in [0.717, 1.165) is 0 Å². The van der Waals surface area contributed by atoms with E-state index in [-0.39, 0.29) is 30.4 Å². The highest BCUT2D eigenvalue weighted by Gasteiger charge is 2.42. The molecule has 1 heterocycles. The topological polar surface area (TPSA) is 80.9 Å². The van der Waals surface area contributed by atoms with Crippen molar-refractivity contribution in [2.24, 2.45) is 11.7 Å². The van der Waals surface area contributed by atoms with Crippen LogP contribution in [0.2, 0.25) is 0 Å². The number of alkyl halides is 3. The molecule has 0 radical (unpaired) electrons. The second-order valence-corrected chi connectivity index (χ2v) is 4.90. The number of nitrogens with two attached hydrogens (primary N) is 1. The molecule has 2 atom stereocenters. The zero-order chi connectivity index (χ0) is 14.8. The summed E-state index contributed by atoms with van der Waals surface area (Å²) in [7, 11) is 0. The lowest BCUT2D eigenvalue weighted by Crippen LogP contribution is -2.35. The molecule has 0 aliphatic heterocycles. The van der Waals surface area contributed by atoms with Gasteiger partial charge in [-0.2, -0.15) is 13.2 Å². The van der Waals surface area contributed by atoms with Crippen LogP contribution in [-0.2, 0) is 0 Å². The van der Waals surface area contributed by atoms with Gasteiger partial charge in [0.1, 0.15) is 11.5 Å². The summed E-state index contributed by atoms with van der Waals surface area (Å²) >= 11 is 0. The number of amides is 1. The number of nitrogens with one attached hydrogen (secondary N) is 1. The van der Waals surface area contributed by atoms with Crippen LogP contribution in [0.4, 0.5) is 19.0 Å². The molecule has 1 aromatic heterocycles. The fourth-order valence-electron chi connectivity index (χ4n) is 2.38. The van der Waals surface area contributed by atoms with Crippen molar-refractivity contribution in [2.45, 2.75) is 37.9 Å². The molecule has 1 aromatic rings. The fraction of sp³-hybridized carbons (Fsp3) is 0.583. The molecular weight excluding hydrogens is 273 g/mol. The van der Waals surface area contributed by atoms with Crippen molar-refractivity contribution in [3.8, 4) is 0 Å². The van der Waals surface area contributed by atoms with Crippen molar-refractivity contribution >= 4 is 11.7 Å². The van der Waals surface area contributed by atoms with E-state index in [1.165, 1.54) is 12.4 Å². The van der Waals surface area contributed by atoms with E-state index in [4.69, 9.17) is 5.73 Å². The van der Waals surface area contributed by atoms with Gasteiger partial charge in [-0.25, -0.2) is 4.98 Å². The monoisotopic (exact) mass is 288 g/mol. The van der Waals surface area contributed by atoms with Crippen LogP contribution in [0.15, 0.2) is 12.4 Å². The summed E-state index contributed by atoms with van der Waals surface area (Å²) in [6, 6.07) is -0.326. The average Bonchev–Trinajstić information content (AvgIpc) is 2.38. The summed E-state index contributed by atoms with van der Waals surface area (Å²) in [5.74, 6) is -1.74. The predicted molar refractivity (Wildman–Crippen MR) is 66.0 cm³/mol. The predicted octanol–water partition coefficient (Wildman–Crippen LogP) is 2.11. The van der Waals surface area contributed by atoms with E-state index >= 15 is 0 Å². The van der Waals surface area contributed by atoms with Gasteiger partial charge in [0, 0.05) is 6.04 Å². The van der Waals surface area contributed by atoms with Gasteiger partial charge in [0.05, 0.1) is 18.3 Å². The lowest BCUT2D eigenvalue weighted by molar-refractivity contribution is -0.182. The molecule has 3 N–H and O–H groups in total. The number of hydrogen-bond acceptors (Lipinski definition) is 4. The molecule has 0 spiro atoms. The third kappa shape index (κ3) is 3.58. The van der Waals surface area contributed by atoms with Crippen LogP contribution in [0.1, 0.15) is 36.2 Å². The molecule has 0 aromatic carbocycles. The van der Waals surface area contributed by atoms with E-state index in [1.54, 1.807) is 0 Å². The molecule has 2 rings (SSSR count). The van der Waals surface area contributed by atoms with Crippen LogP contribution in [0.3, 0.4) is 0 Å². The quantitative estimate of drug-likeness (QED) is 0.892. The molecule has 1 fully saturated rings. The van der Waals surface area contributed by atoms with Crippen LogP contribution in [0.25, 0.3) is 0 Å². The minimum atomic E-state index is -4.17. The smallest absolute Gasteiger partial charge is 0.366 e. The number of rotatable bonds is 3.